The van der Waals surface area contributed by atoms with E-state index in [9.17, 15) is 20.2 Å². The van der Waals surface area contributed by atoms with Crippen LogP contribution in [-0.2, 0) is 11.2 Å². The SMILES string of the molecule is O=NC[C@H]1OC(c2ccc(Cl)c(Cc3ccc(OC4CC5CC5C4)cc3)c2)[C@H](O)[C@@H](O)[C@@H]1O. The molecule has 0 radical (unpaired) electrons. The number of aliphatic hydroxyl groups is 3. The summed E-state index contributed by atoms with van der Waals surface area (Å²) in [6, 6.07) is 13.3. The summed E-state index contributed by atoms with van der Waals surface area (Å²) in [6.45, 7) is -0.321. The maximum absolute atomic E-state index is 10.7. The average molecular weight is 474 g/mol. The Bertz CT molecular complexity index is 991. The van der Waals surface area contributed by atoms with E-state index in [2.05, 4.69) is 5.18 Å². The molecule has 1 aliphatic heterocycles. The van der Waals surface area contributed by atoms with Gasteiger partial charge in [-0.05, 0) is 72.4 Å². The van der Waals surface area contributed by atoms with Crippen LogP contribution in [0.2, 0.25) is 5.02 Å². The van der Waals surface area contributed by atoms with Crippen LogP contribution >= 0.6 is 11.6 Å². The minimum Gasteiger partial charge on any atom is -0.490 e. The van der Waals surface area contributed by atoms with E-state index in [0.717, 1.165) is 28.7 Å². The lowest BCUT2D eigenvalue weighted by molar-refractivity contribution is -0.221. The Kier molecular flexibility index (Phi) is 6.42. The molecule has 0 aromatic heterocycles. The van der Waals surface area contributed by atoms with Gasteiger partial charge in [-0.3, -0.25) is 0 Å². The van der Waals surface area contributed by atoms with E-state index in [-0.39, 0.29) is 6.54 Å². The van der Waals surface area contributed by atoms with Gasteiger partial charge >= 0.3 is 0 Å². The van der Waals surface area contributed by atoms with Gasteiger partial charge in [-0.2, -0.15) is 4.91 Å². The molecule has 2 saturated carbocycles. The van der Waals surface area contributed by atoms with Crippen molar-refractivity contribution in [2.45, 2.75) is 62.3 Å². The molecule has 2 aromatic rings. The fourth-order valence-electron chi connectivity index (χ4n) is 5.21. The van der Waals surface area contributed by atoms with Crippen LogP contribution in [0, 0.1) is 16.7 Å². The average Bonchev–Trinajstić information content (AvgIpc) is 3.42. The van der Waals surface area contributed by atoms with Gasteiger partial charge < -0.3 is 24.8 Å². The van der Waals surface area contributed by atoms with E-state index in [4.69, 9.17) is 21.1 Å². The standard InChI is InChI=1S/C25H28ClNO6/c26-20-6-3-14(25-24(30)23(29)22(28)21(33-25)12-27-31)8-17(20)7-13-1-4-18(5-2-13)32-19-10-15-9-16(15)11-19/h1-6,8,15-16,19,21-25,28-30H,7,9-12H2/t15?,16?,19?,21-,22-,23+,24-,25?/m1/s1. The summed E-state index contributed by atoms with van der Waals surface area (Å²) in [6.07, 6.45) is -1.51. The first-order valence-corrected chi connectivity index (χ1v) is 11.8. The molecular formula is C25H28ClNO6. The van der Waals surface area contributed by atoms with Crippen LogP contribution in [0.25, 0.3) is 0 Å². The third kappa shape index (κ3) is 4.79. The molecule has 2 aromatic carbocycles. The van der Waals surface area contributed by atoms with Crippen LogP contribution < -0.4 is 4.74 Å². The topological polar surface area (TPSA) is 109 Å². The summed E-state index contributed by atoms with van der Waals surface area (Å²) in [5.74, 6) is 2.64. The fourth-order valence-corrected chi connectivity index (χ4v) is 5.40. The zero-order chi connectivity index (χ0) is 23.1. The van der Waals surface area contributed by atoms with E-state index in [0.29, 0.717) is 23.1 Å². The first-order valence-electron chi connectivity index (χ1n) is 11.5. The lowest BCUT2D eigenvalue weighted by Crippen LogP contribution is -2.55. The highest BCUT2D eigenvalue weighted by Gasteiger charge is 2.47. The van der Waals surface area contributed by atoms with Crippen molar-refractivity contribution >= 4 is 11.6 Å². The predicted molar refractivity (Wildman–Crippen MR) is 122 cm³/mol. The summed E-state index contributed by atoms with van der Waals surface area (Å²) >= 11 is 6.44. The monoisotopic (exact) mass is 473 g/mol. The second kappa shape index (κ2) is 9.31. The molecule has 3 fully saturated rings. The van der Waals surface area contributed by atoms with Crippen molar-refractivity contribution in [1.82, 2.24) is 0 Å². The number of rotatable bonds is 7. The number of aliphatic hydroxyl groups excluding tert-OH is 3. The molecule has 2 aliphatic carbocycles. The second-order valence-corrected chi connectivity index (χ2v) is 9.92. The highest BCUT2D eigenvalue weighted by atomic mass is 35.5. The lowest BCUT2D eigenvalue weighted by Gasteiger charge is -2.40. The Balaban J connectivity index is 1.28. The number of hydrogen-bond acceptors (Lipinski definition) is 7. The van der Waals surface area contributed by atoms with Crippen LogP contribution in [0.3, 0.4) is 0 Å². The Morgan fingerprint density at radius 2 is 1.70 bits per heavy atom. The van der Waals surface area contributed by atoms with Gasteiger partial charge in [0.05, 0.1) is 6.10 Å². The maximum atomic E-state index is 10.7. The second-order valence-electron chi connectivity index (χ2n) is 9.52. The van der Waals surface area contributed by atoms with Crippen LogP contribution in [0.4, 0.5) is 0 Å². The van der Waals surface area contributed by atoms with Gasteiger partial charge in [0, 0.05) is 5.02 Å². The van der Waals surface area contributed by atoms with Crippen LogP contribution in [0.5, 0.6) is 5.75 Å². The summed E-state index contributed by atoms with van der Waals surface area (Å²) in [4.78, 5) is 10.7. The number of fused-ring (bicyclic) bond motifs is 1. The van der Waals surface area contributed by atoms with E-state index in [1.807, 2.05) is 30.3 Å². The molecule has 3 unspecified atom stereocenters. The molecule has 0 bridgehead atoms. The highest BCUT2D eigenvalue weighted by molar-refractivity contribution is 6.31. The van der Waals surface area contributed by atoms with E-state index in [1.165, 1.54) is 19.3 Å². The minimum atomic E-state index is -1.45. The smallest absolute Gasteiger partial charge is 0.119 e. The van der Waals surface area contributed by atoms with E-state index < -0.39 is 30.5 Å². The van der Waals surface area contributed by atoms with E-state index in [1.54, 1.807) is 12.1 Å². The quantitative estimate of drug-likeness (QED) is 0.532. The molecule has 0 amide bonds. The van der Waals surface area contributed by atoms with Crippen LogP contribution in [-0.4, -0.2) is 52.4 Å². The molecule has 3 N–H and O–H groups in total. The Morgan fingerprint density at radius 3 is 2.39 bits per heavy atom. The minimum absolute atomic E-state index is 0.321. The zero-order valence-electron chi connectivity index (χ0n) is 18.1. The number of nitrogens with zero attached hydrogens (tertiary/aromatic N) is 1. The van der Waals surface area contributed by atoms with Crippen molar-refractivity contribution in [3.8, 4) is 5.75 Å². The molecule has 1 saturated heterocycles. The zero-order valence-corrected chi connectivity index (χ0v) is 18.8. The highest BCUT2D eigenvalue weighted by Crippen LogP contribution is 2.52. The molecule has 176 valence electrons. The molecule has 3 aliphatic rings. The third-order valence-electron chi connectivity index (χ3n) is 7.19. The first kappa shape index (κ1) is 22.7. The van der Waals surface area contributed by atoms with Crippen molar-refractivity contribution < 1.29 is 24.8 Å². The number of hydrogen-bond donors (Lipinski definition) is 3. The van der Waals surface area contributed by atoms with E-state index >= 15 is 0 Å². The molecule has 33 heavy (non-hydrogen) atoms. The third-order valence-corrected chi connectivity index (χ3v) is 7.55. The summed E-state index contributed by atoms with van der Waals surface area (Å²) < 4.78 is 11.8. The van der Waals surface area contributed by atoms with Gasteiger partial charge in [0.2, 0.25) is 0 Å². The fraction of sp³-hybridized carbons (Fsp3) is 0.520. The normalized spacial score (nSPS) is 35.2. The summed E-state index contributed by atoms with van der Waals surface area (Å²) in [5.41, 5.74) is 2.49. The van der Waals surface area contributed by atoms with Gasteiger partial charge in [0.1, 0.15) is 42.8 Å². The van der Waals surface area contributed by atoms with Crippen LogP contribution in [0.1, 0.15) is 42.1 Å². The lowest BCUT2D eigenvalue weighted by atomic mass is 9.90. The number of ether oxygens (including phenoxy) is 2. The number of nitroso groups, excluding NO2 is 1. The summed E-state index contributed by atoms with van der Waals surface area (Å²) in [5, 5.41) is 34.1. The van der Waals surface area contributed by atoms with Crippen molar-refractivity contribution in [2.24, 2.45) is 17.0 Å². The molecule has 8 heteroatoms. The van der Waals surface area contributed by atoms with Gasteiger partial charge in [-0.15, -0.1) is 0 Å². The first-order chi connectivity index (χ1) is 15.9. The molecule has 5 rings (SSSR count). The molecule has 0 spiro atoms. The summed E-state index contributed by atoms with van der Waals surface area (Å²) in [7, 11) is 0. The number of halogens is 1. The van der Waals surface area contributed by atoms with Crippen molar-refractivity contribution in [3.63, 3.8) is 0 Å². The van der Waals surface area contributed by atoms with Crippen molar-refractivity contribution in [2.75, 3.05) is 6.54 Å². The largest absolute Gasteiger partial charge is 0.490 e. The van der Waals surface area contributed by atoms with Gasteiger partial charge in [0.25, 0.3) is 0 Å². The van der Waals surface area contributed by atoms with Gasteiger partial charge in [-0.25, -0.2) is 0 Å². The predicted octanol–water partition coefficient (Wildman–Crippen LogP) is 3.40. The Labute approximate surface area is 197 Å². The molecular weight excluding hydrogens is 446 g/mol. The molecule has 1 heterocycles. The Morgan fingerprint density at radius 1 is 0.970 bits per heavy atom. The van der Waals surface area contributed by atoms with Crippen molar-refractivity contribution in [1.29, 1.82) is 0 Å². The Hall–Kier alpha value is -2.03. The molecule has 7 atom stereocenters. The van der Waals surface area contributed by atoms with Crippen LogP contribution in [0.15, 0.2) is 47.6 Å². The maximum Gasteiger partial charge on any atom is 0.119 e. The van der Waals surface area contributed by atoms with Gasteiger partial charge in [0.15, 0.2) is 0 Å². The number of benzene rings is 2. The molecule has 7 nitrogen and oxygen atoms in total. The van der Waals surface area contributed by atoms with Crippen molar-refractivity contribution in [3.05, 3.63) is 69.1 Å². The van der Waals surface area contributed by atoms with Gasteiger partial charge in [-0.1, -0.05) is 41.0 Å².